The number of benzene rings is 1. The Bertz CT molecular complexity index is 1450. The highest BCUT2D eigenvalue weighted by Gasteiger charge is 2.32. The average molecular weight is 587 g/mol. The van der Waals surface area contributed by atoms with Crippen LogP contribution in [-0.4, -0.2) is 53.6 Å². The van der Waals surface area contributed by atoms with Crippen LogP contribution in [0.2, 0.25) is 0 Å². The number of hydrogen-bond donors (Lipinski definition) is 1. The largest absolute Gasteiger partial charge is 0.467 e. The van der Waals surface area contributed by atoms with Gasteiger partial charge < -0.3 is 15.0 Å². The number of rotatable bonds is 8. The van der Waals surface area contributed by atoms with Gasteiger partial charge in [-0.1, -0.05) is 67.8 Å². The molecule has 1 N–H and O–H groups in total. The third kappa shape index (κ3) is 6.32. The molecule has 222 valence electrons. The normalized spacial score (nSPS) is 19.4. The van der Waals surface area contributed by atoms with Crippen LogP contribution in [0.25, 0.3) is 5.57 Å². The summed E-state index contributed by atoms with van der Waals surface area (Å²) in [6.45, 7) is 9.61. The second-order valence-corrected chi connectivity index (χ2v) is 11.6. The molecule has 1 fully saturated rings. The van der Waals surface area contributed by atoms with Gasteiger partial charge >= 0.3 is 6.01 Å². The van der Waals surface area contributed by atoms with Crippen LogP contribution < -0.4 is 15.0 Å². The molecule has 0 amide bonds. The number of nitrogens with one attached hydrogen (secondary N) is 1. The number of nitrogens with zero attached hydrogens (tertiary/aromatic N) is 5. The summed E-state index contributed by atoms with van der Waals surface area (Å²) in [5, 5.41) is 4.36. The minimum atomic E-state index is 0.256. The zero-order valence-corrected chi connectivity index (χ0v) is 26.3. The van der Waals surface area contributed by atoms with Gasteiger partial charge in [0, 0.05) is 49.4 Å². The van der Waals surface area contributed by atoms with Crippen LogP contribution >= 0.6 is 11.6 Å². The molecule has 1 atom stereocenters. The number of pyridine rings is 1. The second-order valence-electron chi connectivity index (χ2n) is 11.3. The summed E-state index contributed by atoms with van der Waals surface area (Å²) in [5.74, 6) is 0.935. The van der Waals surface area contributed by atoms with Crippen LogP contribution in [-0.2, 0) is 19.4 Å². The molecule has 2 aromatic heterocycles. The third-order valence-electron chi connectivity index (χ3n) is 8.45. The Hall–Kier alpha value is -3.42. The quantitative estimate of drug-likeness (QED) is 0.315. The summed E-state index contributed by atoms with van der Waals surface area (Å²) >= 11 is 7.24. The maximum atomic E-state index is 7.24. The summed E-state index contributed by atoms with van der Waals surface area (Å²) in [6, 6.07) is 15.5. The molecule has 42 heavy (non-hydrogen) atoms. The average Bonchev–Trinajstić information content (AvgIpc) is 3.28. The van der Waals surface area contributed by atoms with E-state index in [0.717, 1.165) is 85.2 Å². The van der Waals surface area contributed by atoms with Gasteiger partial charge in [-0.15, -0.1) is 0 Å². The van der Waals surface area contributed by atoms with Gasteiger partial charge in [-0.25, -0.2) is 0 Å². The lowest BCUT2D eigenvalue weighted by Crippen LogP contribution is -2.36. The van der Waals surface area contributed by atoms with Crippen LogP contribution in [0.5, 0.6) is 6.01 Å². The number of allylic oxidation sites excluding steroid dienone is 3. The van der Waals surface area contributed by atoms with Gasteiger partial charge in [0.2, 0.25) is 0 Å². The molecule has 0 radical (unpaired) electrons. The first kappa shape index (κ1) is 30.1. The van der Waals surface area contributed by atoms with E-state index >= 15 is 0 Å². The number of aromatic nitrogens is 3. The predicted octanol–water partition coefficient (Wildman–Crippen LogP) is 6.70. The molecule has 1 aromatic carbocycles. The van der Waals surface area contributed by atoms with E-state index in [1.54, 1.807) is 7.11 Å². The van der Waals surface area contributed by atoms with Crippen LogP contribution in [0.1, 0.15) is 74.2 Å². The van der Waals surface area contributed by atoms with Gasteiger partial charge in [-0.2, -0.15) is 9.97 Å². The van der Waals surface area contributed by atoms with E-state index in [4.69, 9.17) is 26.3 Å². The molecule has 2 aliphatic rings. The van der Waals surface area contributed by atoms with Crippen molar-refractivity contribution in [3.8, 4) is 6.01 Å². The Morgan fingerprint density at radius 2 is 1.90 bits per heavy atom. The molecule has 7 nitrogen and oxygen atoms in total. The molecule has 1 saturated heterocycles. The standard InChI is InChI=1S/C34H43ClN6O/c1-6-13-24-14-8-9-15-25(24)30-20-28-26(21-40(30)4)33(39-34(38-28)42-5)41-19-12-18-37-29(22-41)32(35)31(23(3)7-2)27-16-10-11-17-36-27/h8-11,14-17,30,37H,6-7,12-13,18-22H2,1-5H3/b31-23+,32-29+. The highest BCUT2D eigenvalue weighted by molar-refractivity contribution is 6.37. The number of anilines is 1. The van der Waals surface area contributed by atoms with Crippen molar-refractivity contribution in [3.05, 3.63) is 93.0 Å². The molecule has 1 unspecified atom stereocenters. The first-order chi connectivity index (χ1) is 20.4. The zero-order valence-electron chi connectivity index (χ0n) is 25.6. The Balaban J connectivity index is 1.53. The zero-order chi connectivity index (χ0) is 29.6. The van der Waals surface area contributed by atoms with E-state index in [0.29, 0.717) is 12.6 Å². The maximum Gasteiger partial charge on any atom is 0.318 e. The number of methoxy groups -OCH3 is 1. The number of likely N-dealkylation sites (N-methyl/N-ethyl adjacent to an activating group) is 1. The number of halogens is 1. The number of ether oxygens (including phenoxy) is 1. The minimum Gasteiger partial charge on any atom is -0.467 e. The van der Waals surface area contributed by atoms with Crippen molar-refractivity contribution in [1.82, 2.24) is 25.2 Å². The molecule has 3 aromatic rings. The predicted molar refractivity (Wildman–Crippen MR) is 172 cm³/mol. The van der Waals surface area contributed by atoms with Crippen molar-refractivity contribution in [2.24, 2.45) is 0 Å². The van der Waals surface area contributed by atoms with Gasteiger partial charge in [0.15, 0.2) is 0 Å². The fraction of sp³-hybridized carbons (Fsp3) is 0.441. The molecule has 0 saturated carbocycles. The van der Waals surface area contributed by atoms with Crippen molar-refractivity contribution in [2.45, 2.75) is 65.5 Å². The van der Waals surface area contributed by atoms with E-state index < -0.39 is 0 Å². The lowest BCUT2D eigenvalue weighted by molar-refractivity contribution is 0.212. The van der Waals surface area contributed by atoms with Gasteiger partial charge in [0.1, 0.15) is 5.82 Å². The van der Waals surface area contributed by atoms with Crippen molar-refractivity contribution in [3.63, 3.8) is 0 Å². The Morgan fingerprint density at radius 1 is 1.10 bits per heavy atom. The minimum absolute atomic E-state index is 0.256. The SMILES string of the molecule is CCCc1ccccc1C1Cc2nc(OC)nc(N3CCCN/C(=C(Cl)\C(=C(/C)CC)c4ccccn4)C3)c2CN1C. The molecule has 8 heteroatoms. The molecule has 5 rings (SSSR count). The topological polar surface area (TPSA) is 66.4 Å². The van der Waals surface area contributed by atoms with Crippen molar-refractivity contribution in [1.29, 1.82) is 0 Å². The van der Waals surface area contributed by atoms with Crippen LogP contribution in [0.3, 0.4) is 0 Å². The number of fused-ring (bicyclic) bond motifs is 1. The monoisotopic (exact) mass is 586 g/mol. The van der Waals surface area contributed by atoms with E-state index in [1.165, 1.54) is 22.3 Å². The summed E-state index contributed by atoms with van der Waals surface area (Å²) in [4.78, 5) is 19.3. The molecular formula is C34H43ClN6O. The highest BCUT2D eigenvalue weighted by atomic mass is 35.5. The van der Waals surface area contributed by atoms with Crippen LogP contribution in [0.4, 0.5) is 5.82 Å². The molecule has 4 heterocycles. The van der Waals surface area contributed by atoms with E-state index in [2.05, 4.69) is 72.2 Å². The van der Waals surface area contributed by atoms with Crippen molar-refractivity contribution in [2.75, 3.05) is 38.7 Å². The Labute approximate surface area is 255 Å². The van der Waals surface area contributed by atoms with E-state index in [9.17, 15) is 0 Å². The van der Waals surface area contributed by atoms with Gasteiger partial charge in [0.05, 0.1) is 35.8 Å². The van der Waals surface area contributed by atoms with Gasteiger partial charge in [-0.05, 0) is 56.5 Å². The number of hydrogen-bond acceptors (Lipinski definition) is 7. The molecule has 0 aliphatic carbocycles. The van der Waals surface area contributed by atoms with Crippen molar-refractivity contribution < 1.29 is 4.74 Å². The lowest BCUT2D eigenvalue weighted by atomic mass is 9.89. The first-order valence-corrected chi connectivity index (χ1v) is 15.5. The summed E-state index contributed by atoms with van der Waals surface area (Å²) < 4.78 is 5.66. The van der Waals surface area contributed by atoms with Crippen LogP contribution in [0, 0.1) is 0 Å². The maximum absolute atomic E-state index is 7.24. The Morgan fingerprint density at radius 3 is 2.64 bits per heavy atom. The van der Waals surface area contributed by atoms with Gasteiger partial charge in [-0.3, -0.25) is 9.88 Å². The molecule has 2 aliphatic heterocycles. The molecular weight excluding hydrogens is 544 g/mol. The number of aryl methyl sites for hydroxylation is 1. The van der Waals surface area contributed by atoms with Crippen molar-refractivity contribution >= 4 is 23.0 Å². The molecule has 0 spiro atoms. The van der Waals surface area contributed by atoms with Crippen LogP contribution in [0.15, 0.2) is 65.0 Å². The summed E-state index contributed by atoms with van der Waals surface area (Å²) in [5.41, 5.74) is 9.14. The fourth-order valence-electron chi connectivity index (χ4n) is 6.10. The summed E-state index contributed by atoms with van der Waals surface area (Å²) in [6.07, 6.45) is 6.70. The lowest BCUT2D eigenvalue weighted by Gasteiger charge is -2.37. The highest BCUT2D eigenvalue weighted by Crippen LogP contribution is 2.38. The van der Waals surface area contributed by atoms with E-state index in [-0.39, 0.29) is 6.04 Å². The third-order valence-corrected chi connectivity index (χ3v) is 8.86. The fourth-order valence-corrected chi connectivity index (χ4v) is 6.49. The van der Waals surface area contributed by atoms with E-state index in [1.807, 2.05) is 24.4 Å². The second kappa shape index (κ2) is 13.7. The molecule has 0 bridgehead atoms. The Kier molecular flexibility index (Phi) is 9.80. The van der Waals surface area contributed by atoms with Gasteiger partial charge in [0.25, 0.3) is 0 Å². The smallest absolute Gasteiger partial charge is 0.318 e. The summed E-state index contributed by atoms with van der Waals surface area (Å²) in [7, 11) is 3.87. The first-order valence-electron chi connectivity index (χ1n) is 15.2.